The highest BCUT2D eigenvalue weighted by Crippen LogP contribution is 2.27. The molecule has 2 aromatic carbocycles. The van der Waals surface area contributed by atoms with E-state index in [4.69, 9.17) is 9.47 Å². The van der Waals surface area contributed by atoms with E-state index in [9.17, 15) is 17.6 Å². The van der Waals surface area contributed by atoms with Gasteiger partial charge in [0.05, 0.1) is 31.2 Å². The molecule has 0 saturated carbocycles. The van der Waals surface area contributed by atoms with E-state index in [0.717, 1.165) is 23.4 Å². The minimum atomic E-state index is -3.68. The molecular weight excluding hydrogens is 423 g/mol. The Morgan fingerprint density at radius 1 is 1.26 bits per heavy atom. The molecule has 168 valence electrons. The number of nitrogens with zero attached hydrogens (tertiary/aromatic N) is 1. The van der Waals surface area contributed by atoms with Crippen LogP contribution in [0.3, 0.4) is 0 Å². The quantitative estimate of drug-likeness (QED) is 0.635. The van der Waals surface area contributed by atoms with Gasteiger partial charge in [-0.05, 0) is 62.2 Å². The average Bonchev–Trinajstić information content (AvgIpc) is 3.25. The summed E-state index contributed by atoms with van der Waals surface area (Å²) in [6, 6.07) is 10.1. The summed E-state index contributed by atoms with van der Waals surface area (Å²) in [6.45, 7) is 3.27. The van der Waals surface area contributed by atoms with Crippen molar-refractivity contribution in [3.8, 4) is 5.75 Å². The lowest BCUT2D eigenvalue weighted by atomic mass is 10.1. The van der Waals surface area contributed by atoms with Crippen LogP contribution < -0.4 is 14.4 Å². The van der Waals surface area contributed by atoms with Gasteiger partial charge in [0.15, 0.2) is 0 Å². The first-order chi connectivity index (χ1) is 14.8. The number of ether oxygens (including phenoxy) is 2. The highest BCUT2D eigenvalue weighted by molar-refractivity contribution is 7.92. The molecule has 1 N–H and O–H groups in total. The Hall–Kier alpha value is -2.65. The minimum absolute atomic E-state index is 0.0188. The van der Waals surface area contributed by atoms with E-state index in [2.05, 4.69) is 5.32 Å². The zero-order valence-corrected chi connectivity index (χ0v) is 18.5. The number of amides is 1. The van der Waals surface area contributed by atoms with Crippen molar-refractivity contribution in [1.29, 1.82) is 0 Å². The first-order valence-electron chi connectivity index (χ1n) is 10.2. The number of hydrogen-bond acceptors (Lipinski definition) is 5. The second kappa shape index (κ2) is 10.1. The van der Waals surface area contributed by atoms with Gasteiger partial charge in [-0.2, -0.15) is 0 Å². The molecule has 1 aliphatic rings. The Morgan fingerprint density at radius 3 is 2.61 bits per heavy atom. The van der Waals surface area contributed by atoms with Crippen LogP contribution >= 0.6 is 0 Å². The molecule has 1 amide bonds. The van der Waals surface area contributed by atoms with Crippen LogP contribution in [-0.4, -0.2) is 46.4 Å². The van der Waals surface area contributed by atoms with Crippen molar-refractivity contribution in [3.05, 3.63) is 59.4 Å². The van der Waals surface area contributed by atoms with Crippen molar-refractivity contribution in [1.82, 2.24) is 5.32 Å². The van der Waals surface area contributed by atoms with Crippen molar-refractivity contribution in [2.24, 2.45) is 0 Å². The van der Waals surface area contributed by atoms with E-state index in [1.165, 1.54) is 24.3 Å². The van der Waals surface area contributed by atoms with Gasteiger partial charge < -0.3 is 14.8 Å². The van der Waals surface area contributed by atoms with Crippen molar-refractivity contribution in [3.63, 3.8) is 0 Å². The molecule has 0 bridgehead atoms. The van der Waals surface area contributed by atoms with Crippen molar-refractivity contribution in [2.45, 2.75) is 32.4 Å². The molecule has 1 fully saturated rings. The maximum Gasteiger partial charge on any atom is 0.251 e. The number of hydrogen-bond donors (Lipinski definition) is 1. The van der Waals surface area contributed by atoms with E-state index in [0.29, 0.717) is 42.3 Å². The molecule has 1 atom stereocenters. The van der Waals surface area contributed by atoms with E-state index >= 15 is 0 Å². The molecule has 31 heavy (non-hydrogen) atoms. The monoisotopic (exact) mass is 450 g/mol. The van der Waals surface area contributed by atoms with Crippen LogP contribution in [0.25, 0.3) is 0 Å². The Balaban J connectivity index is 1.86. The smallest absolute Gasteiger partial charge is 0.251 e. The molecule has 0 aromatic heterocycles. The molecule has 2 aromatic rings. The summed E-state index contributed by atoms with van der Waals surface area (Å²) in [7, 11) is -3.68. The molecular formula is C22H27FN2O5S. The van der Waals surface area contributed by atoms with Crippen LogP contribution in [0.15, 0.2) is 42.5 Å². The van der Waals surface area contributed by atoms with Crippen LogP contribution in [0.5, 0.6) is 5.75 Å². The first kappa shape index (κ1) is 23.0. The largest absolute Gasteiger partial charge is 0.494 e. The molecule has 7 nitrogen and oxygen atoms in total. The molecule has 1 heterocycles. The molecule has 0 spiro atoms. The Bertz CT molecular complexity index is 1010. The summed E-state index contributed by atoms with van der Waals surface area (Å²) in [4.78, 5) is 12.6. The van der Waals surface area contributed by atoms with Gasteiger partial charge in [0.25, 0.3) is 5.91 Å². The average molecular weight is 451 g/mol. The summed E-state index contributed by atoms with van der Waals surface area (Å²) in [5.41, 5.74) is 1.24. The van der Waals surface area contributed by atoms with Gasteiger partial charge in [-0.1, -0.05) is 0 Å². The summed E-state index contributed by atoms with van der Waals surface area (Å²) < 4.78 is 50.6. The maximum absolute atomic E-state index is 13.3. The second-order valence-corrected chi connectivity index (χ2v) is 9.25. The third-order valence-electron chi connectivity index (χ3n) is 4.97. The van der Waals surface area contributed by atoms with E-state index in [-0.39, 0.29) is 18.6 Å². The predicted molar refractivity (Wildman–Crippen MR) is 116 cm³/mol. The topological polar surface area (TPSA) is 84.9 Å². The SMILES string of the molecule is CCOc1ccc(C(=O)NC[C@H]2CCCO2)cc1CN(c1ccc(F)cc1)S(C)(=O)=O. The molecule has 1 saturated heterocycles. The number of nitrogens with one attached hydrogen (secondary N) is 1. The lowest BCUT2D eigenvalue weighted by Crippen LogP contribution is -2.32. The molecule has 9 heteroatoms. The summed E-state index contributed by atoms with van der Waals surface area (Å²) in [5, 5.41) is 2.86. The van der Waals surface area contributed by atoms with Crippen molar-refractivity contribution < 1.29 is 27.1 Å². The van der Waals surface area contributed by atoms with Crippen molar-refractivity contribution in [2.75, 3.05) is 30.3 Å². The molecule has 0 unspecified atom stereocenters. The van der Waals surface area contributed by atoms with Crippen LogP contribution in [-0.2, 0) is 21.3 Å². The van der Waals surface area contributed by atoms with Gasteiger partial charge in [0.2, 0.25) is 10.0 Å². The Morgan fingerprint density at radius 2 is 2.00 bits per heavy atom. The standard InChI is InChI=1S/C22H27FN2O5S/c1-3-29-21-11-6-16(22(26)24-14-20-5-4-12-30-20)13-17(21)15-25(31(2,27)28)19-9-7-18(23)8-10-19/h6-11,13,20H,3-5,12,14-15H2,1-2H3,(H,24,26)/t20-/m1/s1. The molecule has 0 aliphatic carbocycles. The number of benzene rings is 2. The summed E-state index contributed by atoms with van der Waals surface area (Å²) >= 11 is 0. The lowest BCUT2D eigenvalue weighted by molar-refractivity contribution is 0.0857. The van der Waals surface area contributed by atoms with Gasteiger partial charge >= 0.3 is 0 Å². The normalized spacial score (nSPS) is 16.2. The van der Waals surface area contributed by atoms with Crippen LogP contribution in [0.2, 0.25) is 0 Å². The van der Waals surface area contributed by atoms with Gasteiger partial charge in [-0.15, -0.1) is 0 Å². The van der Waals surface area contributed by atoms with E-state index in [1.807, 2.05) is 6.92 Å². The number of halogens is 1. The summed E-state index contributed by atoms with van der Waals surface area (Å²) in [5.74, 6) is -0.251. The Labute approximate surface area is 182 Å². The summed E-state index contributed by atoms with van der Waals surface area (Å²) in [6.07, 6.45) is 2.99. The molecule has 1 aliphatic heterocycles. The highest BCUT2D eigenvalue weighted by Gasteiger charge is 2.22. The third kappa shape index (κ3) is 6.18. The van der Waals surface area contributed by atoms with Crippen LogP contribution in [0, 0.1) is 5.82 Å². The van der Waals surface area contributed by atoms with E-state index < -0.39 is 15.8 Å². The van der Waals surface area contributed by atoms with Gasteiger partial charge in [0, 0.05) is 24.3 Å². The van der Waals surface area contributed by atoms with Gasteiger partial charge in [-0.25, -0.2) is 12.8 Å². The fourth-order valence-electron chi connectivity index (χ4n) is 3.42. The number of rotatable bonds is 9. The first-order valence-corrected chi connectivity index (χ1v) is 12.0. The fourth-order valence-corrected chi connectivity index (χ4v) is 4.29. The zero-order chi connectivity index (χ0) is 22.4. The predicted octanol–water partition coefficient (Wildman–Crippen LogP) is 3.10. The van der Waals surface area contributed by atoms with Crippen LogP contribution in [0.4, 0.5) is 10.1 Å². The van der Waals surface area contributed by atoms with Crippen molar-refractivity contribution >= 4 is 21.6 Å². The number of carbonyl (C=O) groups is 1. The highest BCUT2D eigenvalue weighted by atomic mass is 32.2. The number of anilines is 1. The Kier molecular flexibility index (Phi) is 7.50. The second-order valence-electron chi connectivity index (χ2n) is 7.35. The van der Waals surface area contributed by atoms with Crippen LogP contribution in [0.1, 0.15) is 35.7 Å². The fraction of sp³-hybridized carbons (Fsp3) is 0.409. The van der Waals surface area contributed by atoms with Gasteiger partial charge in [-0.3, -0.25) is 9.10 Å². The van der Waals surface area contributed by atoms with Gasteiger partial charge in [0.1, 0.15) is 11.6 Å². The lowest BCUT2D eigenvalue weighted by Gasteiger charge is -2.24. The van der Waals surface area contributed by atoms with E-state index in [1.54, 1.807) is 18.2 Å². The molecule has 0 radical (unpaired) electrons. The maximum atomic E-state index is 13.3. The molecule has 3 rings (SSSR count). The number of carbonyl (C=O) groups excluding carboxylic acids is 1. The zero-order valence-electron chi connectivity index (χ0n) is 17.6. The third-order valence-corrected chi connectivity index (χ3v) is 6.11. The minimum Gasteiger partial charge on any atom is -0.494 e. The number of sulfonamides is 1.